The van der Waals surface area contributed by atoms with Crippen molar-refractivity contribution in [3.05, 3.63) is 41.1 Å². The van der Waals surface area contributed by atoms with Crippen LogP contribution in [0.2, 0.25) is 0 Å². The number of aliphatic hydroxyl groups is 3. The number of ether oxygens (including phenoxy) is 6. The minimum atomic E-state index is -1.93. The molecule has 260 valence electrons. The topological polar surface area (TPSA) is 173 Å². The number of carbonyl (C=O) groups excluding carboxylic acids is 2. The molecule has 6 fully saturated rings. The second kappa shape index (κ2) is 10.9. The number of rotatable bonds is 9. The molecule has 7 rings (SSSR count). The zero-order valence-electron chi connectivity index (χ0n) is 27.7. The highest BCUT2D eigenvalue weighted by Crippen LogP contribution is 2.81. The molecule has 0 amide bonds. The number of likely N-dealkylation sites (tertiary alicyclic amines) is 1. The van der Waals surface area contributed by atoms with Gasteiger partial charge in [-0.15, -0.1) is 0 Å². The smallest absolute Gasteiger partial charge is 0.338 e. The Kier molecular flexibility index (Phi) is 7.72. The number of esters is 2. The van der Waals surface area contributed by atoms with E-state index in [9.17, 15) is 24.9 Å². The lowest BCUT2D eigenvalue weighted by atomic mass is 9.42. The van der Waals surface area contributed by atoms with Gasteiger partial charge in [-0.2, -0.15) is 0 Å². The van der Waals surface area contributed by atoms with E-state index in [2.05, 4.69) is 0 Å². The van der Waals surface area contributed by atoms with E-state index in [0.717, 1.165) is 0 Å². The third-order valence-corrected chi connectivity index (χ3v) is 13.5. The Morgan fingerprint density at radius 1 is 1.02 bits per heavy atom. The monoisotopic (exact) mass is 661 g/mol. The molecule has 7 bridgehead atoms. The van der Waals surface area contributed by atoms with Crippen LogP contribution in [-0.2, 0) is 33.2 Å². The molecule has 0 aromatic heterocycles. The summed E-state index contributed by atoms with van der Waals surface area (Å²) < 4.78 is 36.2. The summed E-state index contributed by atoms with van der Waals surface area (Å²) in [7, 11) is 5.95. The molecule has 1 heterocycles. The molecule has 1 saturated heterocycles. The fraction of sp³-hybridized carbons (Fsp3) is 0.765. The Balaban J connectivity index is 1.55. The molecule has 6 aliphatic rings. The van der Waals surface area contributed by atoms with Crippen molar-refractivity contribution >= 4 is 11.9 Å². The molecule has 16 atom stereocenters. The first-order valence-electron chi connectivity index (χ1n) is 16.5. The van der Waals surface area contributed by atoms with E-state index in [4.69, 9.17) is 28.4 Å². The maximum absolute atomic E-state index is 15.6. The summed E-state index contributed by atoms with van der Waals surface area (Å²) in [6.07, 6.45) is -6.68. The number of hydrogen-bond acceptors (Lipinski definition) is 12. The van der Waals surface area contributed by atoms with E-state index in [1.54, 1.807) is 44.4 Å². The number of hydroxylamine groups is 3. The molecular weight excluding hydrogens is 614 g/mol. The second-order valence-electron chi connectivity index (χ2n) is 14.8. The van der Waals surface area contributed by atoms with Gasteiger partial charge in [0.05, 0.1) is 60.3 Å². The van der Waals surface area contributed by atoms with Gasteiger partial charge in [0.1, 0.15) is 30.0 Å². The van der Waals surface area contributed by atoms with Gasteiger partial charge < -0.3 is 53.6 Å². The van der Waals surface area contributed by atoms with Crippen molar-refractivity contribution in [1.29, 1.82) is 0 Å². The van der Waals surface area contributed by atoms with Crippen LogP contribution in [0.1, 0.15) is 37.0 Å². The third kappa shape index (κ3) is 3.75. The summed E-state index contributed by atoms with van der Waals surface area (Å²) in [6, 6.07) is 7.52. The van der Waals surface area contributed by atoms with Crippen LogP contribution >= 0.6 is 0 Å². The Hall–Kier alpha value is -2.20. The molecule has 0 radical (unpaired) electrons. The first-order chi connectivity index (χ1) is 22.3. The Bertz CT molecular complexity index is 1410. The number of aliphatic hydroxyl groups excluding tert-OH is 2. The van der Waals surface area contributed by atoms with Crippen molar-refractivity contribution in [2.45, 2.75) is 80.6 Å². The van der Waals surface area contributed by atoms with Gasteiger partial charge in [0.2, 0.25) is 0 Å². The van der Waals surface area contributed by atoms with Crippen LogP contribution in [0, 0.1) is 39.7 Å². The van der Waals surface area contributed by atoms with Crippen molar-refractivity contribution in [3.63, 3.8) is 0 Å². The molecule has 47 heavy (non-hydrogen) atoms. The molecule has 13 heteroatoms. The predicted molar refractivity (Wildman–Crippen MR) is 162 cm³/mol. The van der Waals surface area contributed by atoms with Gasteiger partial charge in [-0.3, -0.25) is 4.79 Å². The van der Waals surface area contributed by atoms with Crippen molar-refractivity contribution < 1.29 is 58.0 Å². The van der Waals surface area contributed by atoms with Crippen LogP contribution in [0.4, 0.5) is 0 Å². The summed E-state index contributed by atoms with van der Waals surface area (Å²) in [4.78, 5) is 27.0. The number of carbonyl (C=O) groups is 2. The highest BCUT2D eigenvalue weighted by atomic mass is 16.6. The number of hydrogen-bond donors (Lipinski definition) is 3. The number of nitrogens with zero attached hydrogens (tertiary/aromatic N) is 1. The summed E-state index contributed by atoms with van der Waals surface area (Å²) >= 11 is 0. The molecule has 2 unspecified atom stereocenters. The molecule has 1 aromatic rings. The number of quaternary nitrogens is 1. The SMILES string of the molecule is CC[N+]1([O-])C[C@]2(COC)C(O)C[C@H](OC)[C@@]34[C@@H]5C[C@]6(O)[C@H](OC(=O)c7ccccc7)[C@@H]5[C@@](OC(C)=O)([C@@H]([C@H](OC)[C@H]23)[C@H]41)[C@@H](O)[C@@H]6OC. The zero-order valence-corrected chi connectivity index (χ0v) is 27.7. The van der Waals surface area contributed by atoms with E-state index < -0.39 is 105 Å². The average molecular weight is 662 g/mol. The van der Waals surface area contributed by atoms with Gasteiger partial charge >= 0.3 is 11.9 Å². The highest BCUT2D eigenvalue weighted by molar-refractivity contribution is 5.89. The molecular formula is C34H47NO12. The van der Waals surface area contributed by atoms with Crippen LogP contribution in [-0.4, -0.2) is 134 Å². The van der Waals surface area contributed by atoms with Crippen LogP contribution in [0.15, 0.2) is 30.3 Å². The highest BCUT2D eigenvalue weighted by Gasteiger charge is 2.94. The van der Waals surface area contributed by atoms with E-state index in [-0.39, 0.29) is 38.1 Å². The minimum Gasteiger partial charge on any atom is -0.633 e. The van der Waals surface area contributed by atoms with E-state index >= 15 is 5.21 Å². The fourth-order valence-electron chi connectivity index (χ4n) is 12.6. The molecule has 1 spiro atoms. The van der Waals surface area contributed by atoms with Gasteiger partial charge in [0, 0.05) is 53.6 Å². The van der Waals surface area contributed by atoms with Gasteiger partial charge in [0.15, 0.2) is 5.60 Å². The third-order valence-electron chi connectivity index (χ3n) is 13.5. The Labute approximate surface area is 274 Å². The fourth-order valence-corrected chi connectivity index (χ4v) is 12.6. The Morgan fingerprint density at radius 2 is 1.72 bits per heavy atom. The molecule has 1 aliphatic heterocycles. The number of piperidine rings is 1. The molecule has 1 aromatic carbocycles. The number of methoxy groups -OCH3 is 4. The lowest BCUT2D eigenvalue weighted by Crippen LogP contribution is -2.84. The average Bonchev–Trinajstić information content (AvgIpc) is 3.45. The van der Waals surface area contributed by atoms with Crippen LogP contribution in [0.5, 0.6) is 0 Å². The quantitative estimate of drug-likeness (QED) is 0.192. The minimum absolute atomic E-state index is 0.0103. The summed E-state index contributed by atoms with van der Waals surface area (Å²) in [5.74, 6) is -4.63. The second-order valence-corrected chi connectivity index (χ2v) is 14.8. The molecule has 5 aliphatic carbocycles. The van der Waals surface area contributed by atoms with Gasteiger partial charge in [-0.25, -0.2) is 4.79 Å². The summed E-state index contributed by atoms with van der Waals surface area (Å²) in [6.45, 7) is 3.19. The van der Waals surface area contributed by atoms with Crippen LogP contribution in [0.3, 0.4) is 0 Å². The van der Waals surface area contributed by atoms with Crippen molar-refractivity contribution in [2.75, 3.05) is 48.1 Å². The van der Waals surface area contributed by atoms with E-state index in [0.29, 0.717) is 0 Å². The largest absolute Gasteiger partial charge is 0.633 e. The normalized spacial score (nSPS) is 51.8. The maximum atomic E-state index is 15.6. The zero-order chi connectivity index (χ0) is 33.9. The van der Waals surface area contributed by atoms with E-state index in [1.165, 1.54) is 28.3 Å². The summed E-state index contributed by atoms with van der Waals surface area (Å²) in [5.41, 5.74) is -5.74. The van der Waals surface area contributed by atoms with Crippen molar-refractivity contribution in [2.24, 2.45) is 34.5 Å². The maximum Gasteiger partial charge on any atom is 0.338 e. The van der Waals surface area contributed by atoms with Gasteiger partial charge in [-0.1, -0.05) is 18.2 Å². The molecule has 13 nitrogen and oxygen atoms in total. The van der Waals surface area contributed by atoms with Crippen molar-refractivity contribution in [3.8, 4) is 0 Å². The molecule has 3 N–H and O–H groups in total. The molecule has 5 saturated carbocycles. The lowest BCUT2D eigenvalue weighted by molar-refractivity contribution is -0.934. The van der Waals surface area contributed by atoms with Crippen LogP contribution < -0.4 is 0 Å². The van der Waals surface area contributed by atoms with E-state index in [1.807, 2.05) is 0 Å². The number of benzene rings is 1. The first kappa shape index (κ1) is 33.3. The summed E-state index contributed by atoms with van der Waals surface area (Å²) in [5, 5.41) is 52.8. The van der Waals surface area contributed by atoms with Crippen molar-refractivity contribution in [1.82, 2.24) is 0 Å². The van der Waals surface area contributed by atoms with Crippen LogP contribution in [0.25, 0.3) is 0 Å². The lowest BCUT2D eigenvalue weighted by Gasteiger charge is -2.73. The standard InChI is InChI=1S/C34H47NO12/c1-7-35(41)15-31(16-42-3)20(37)13-21(43-4)33-19-14-32(40)28(46-30(39)18-11-9-8-10-12-18)22(19)34(47-17(2)36,27(38)29(32)45-6)23(26(33)35)24(44-5)25(31)33/h8-12,19-29,37-38,40H,7,13-16H2,1-6H3/t19-,20?,21+,22-,23+,24+,25-,26-,27+,28-,29+,31+,32+,33+,34-,35?/m1/s1. The Morgan fingerprint density at radius 3 is 2.30 bits per heavy atom. The first-order valence-corrected chi connectivity index (χ1v) is 16.5. The van der Waals surface area contributed by atoms with Gasteiger partial charge in [-0.05, 0) is 31.4 Å². The number of fused-ring (bicyclic) bond motifs is 2. The predicted octanol–water partition coefficient (Wildman–Crippen LogP) is 0.661. The van der Waals surface area contributed by atoms with Gasteiger partial charge in [0.25, 0.3) is 0 Å².